The van der Waals surface area contributed by atoms with E-state index in [1.807, 2.05) is 19.1 Å². The van der Waals surface area contributed by atoms with E-state index in [9.17, 15) is 8.42 Å². The van der Waals surface area contributed by atoms with Crippen molar-refractivity contribution in [2.24, 2.45) is 0 Å². The molecule has 6 heteroatoms. The Morgan fingerprint density at radius 2 is 1.70 bits per heavy atom. The molecule has 0 saturated heterocycles. The highest BCUT2D eigenvalue weighted by Crippen LogP contribution is 2.29. The molecule has 0 amide bonds. The van der Waals surface area contributed by atoms with Gasteiger partial charge in [0.05, 0.1) is 10.7 Å². The highest BCUT2D eigenvalue weighted by molar-refractivity contribution is 9.10. The van der Waals surface area contributed by atoms with Gasteiger partial charge in [-0.05, 0) is 37.3 Å². The molecule has 0 fully saturated rings. The van der Waals surface area contributed by atoms with Crippen LogP contribution in [0.4, 0.5) is 5.69 Å². The fourth-order valence-corrected chi connectivity index (χ4v) is 3.93. The summed E-state index contributed by atoms with van der Waals surface area (Å²) in [6.45, 7) is 1.95. The fraction of sp³-hybridized carbons (Fsp3) is 0.143. The lowest BCUT2D eigenvalue weighted by atomic mass is 10.2. The van der Waals surface area contributed by atoms with Crippen molar-refractivity contribution in [3.05, 3.63) is 57.5 Å². The van der Waals surface area contributed by atoms with Crippen LogP contribution in [-0.2, 0) is 10.0 Å². The molecule has 3 nitrogen and oxygen atoms in total. The van der Waals surface area contributed by atoms with Crippen LogP contribution in [0.25, 0.3) is 0 Å². The van der Waals surface area contributed by atoms with E-state index in [1.165, 1.54) is 17.4 Å². The summed E-state index contributed by atoms with van der Waals surface area (Å²) < 4.78 is 27.1. The zero-order valence-electron chi connectivity index (χ0n) is 11.0. The van der Waals surface area contributed by atoms with Crippen LogP contribution in [0.15, 0.2) is 51.8 Å². The molecule has 0 heterocycles. The first kappa shape index (κ1) is 15.4. The van der Waals surface area contributed by atoms with E-state index < -0.39 is 10.0 Å². The normalized spacial score (nSPS) is 11.4. The van der Waals surface area contributed by atoms with E-state index in [-0.39, 0.29) is 9.92 Å². The molecule has 0 N–H and O–H groups in total. The number of rotatable bonds is 3. The highest BCUT2D eigenvalue weighted by Gasteiger charge is 2.24. The minimum absolute atomic E-state index is 0.0884. The van der Waals surface area contributed by atoms with Crippen LogP contribution in [0.2, 0.25) is 5.02 Å². The molecule has 2 aromatic carbocycles. The van der Waals surface area contributed by atoms with Gasteiger partial charge in [-0.15, -0.1) is 0 Å². The number of anilines is 1. The molecule has 0 unspecified atom stereocenters. The Labute approximate surface area is 132 Å². The van der Waals surface area contributed by atoms with Gasteiger partial charge < -0.3 is 0 Å². The van der Waals surface area contributed by atoms with Crippen LogP contribution in [0, 0.1) is 6.92 Å². The van der Waals surface area contributed by atoms with Gasteiger partial charge in [-0.1, -0.05) is 45.2 Å². The zero-order chi connectivity index (χ0) is 14.9. The van der Waals surface area contributed by atoms with Crippen LogP contribution in [0.5, 0.6) is 0 Å². The molecule has 20 heavy (non-hydrogen) atoms. The van der Waals surface area contributed by atoms with Gasteiger partial charge in [0, 0.05) is 11.5 Å². The summed E-state index contributed by atoms with van der Waals surface area (Å²) >= 11 is 9.30. The quantitative estimate of drug-likeness (QED) is 0.806. The van der Waals surface area contributed by atoms with Crippen LogP contribution in [0.1, 0.15) is 5.56 Å². The standard InChI is InChI=1S/C14H13BrClNO2S/c1-10-3-6-12(7-4-10)17(2)20(18,19)14-8-5-11(15)9-13(14)16/h3-9H,1-2H3. The van der Waals surface area contributed by atoms with Gasteiger partial charge >= 0.3 is 0 Å². The summed E-state index contributed by atoms with van der Waals surface area (Å²) in [6, 6.07) is 12.0. The predicted molar refractivity (Wildman–Crippen MR) is 85.9 cm³/mol. The molecule has 106 valence electrons. The Hall–Kier alpha value is -1.04. The van der Waals surface area contributed by atoms with Crippen molar-refractivity contribution in [3.63, 3.8) is 0 Å². The lowest BCUT2D eigenvalue weighted by molar-refractivity contribution is 0.594. The molecule has 0 saturated carbocycles. The number of nitrogens with zero attached hydrogens (tertiary/aromatic N) is 1. The summed E-state index contributed by atoms with van der Waals surface area (Å²) in [6.07, 6.45) is 0. The van der Waals surface area contributed by atoms with Crippen molar-refractivity contribution in [3.8, 4) is 0 Å². The molecule has 0 bridgehead atoms. The monoisotopic (exact) mass is 373 g/mol. The Kier molecular flexibility index (Phi) is 4.42. The summed E-state index contributed by atoms with van der Waals surface area (Å²) in [4.78, 5) is 0.0884. The number of halogens is 2. The molecule has 2 aromatic rings. The minimum Gasteiger partial charge on any atom is -0.269 e. The maximum Gasteiger partial charge on any atom is 0.265 e. The van der Waals surface area contributed by atoms with Gasteiger partial charge in [0.1, 0.15) is 4.90 Å². The SMILES string of the molecule is Cc1ccc(N(C)S(=O)(=O)c2ccc(Br)cc2Cl)cc1. The minimum atomic E-state index is -3.67. The first-order valence-corrected chi connectivity index (χ1v) is 8.44. The maximum atomic E-state index is 12.6. The van der Waals surface area contributed by atoms with E-state index in [1.54, 1.807) is 24.3 Å². The Bertz CT molecular complexity index is 729. The molecule has 0 atom stereocenters. The molecule has 0 spiro atoms. The topological polar surface area (TPSA) is 37.4 Å². The third-order valence-corrected chi connectivity index (χ3v) is 5.69. The molecule has 0 aliphatic heterocycles. The summed E-state index contributed by atoms with van der Waals surface area (Å²) in [7, 11) is -2.16. The van der Waals surface area contributed by atoms with Gasteiger partial charge in [-0.25, -0.2) is 8.42 Å². The van der Waals surface area contributed by atoms with Gasteiger partial charge in [-0.3, -0.25) is 4.31 Å². The molecule has 0 aromatic heterocycles. The largest absolute Gasteiger partial charge is 0.269 e. The summed E-state index contributed by atoms with van der Waals surface area (Å²) in [5, 5.41) is 0.193. The maximum absolute atomic E-state index is 12.6. The average Bonchev–Trinajstić information content (AvgIpc) is 2.38. The molecule has 0 radical (unpaired) electrons. The number of hydrogen-bond donors (Lipinski definition) is 0. The van der Waals surface area contributed by atoms with Crippen molar-refractivity contribution >= 4 is 43.2 Å². The van der Waals surface area contributed by atoms with Crippen LogP contribution in [-0.4, -0.2) is 15.5 Å². The van der Waals surface area contributed by atoms with Crippen LogP contribution in [0.3, 0.4) is 0 Å². The average molecular weight is 375 g/mol. The lowest BCUT2D eigenvalue weighted by Gasteiger charge is -2.20. The van der Waals surface area contributed by atoms with Crippen molar-refractivity contribution in [1.82, 2.24) is 0 Å². The van der Waals surface area contributed by atoms with E-state index in [2.05, 4.69) is 15.9 Å². The van der Waals surface area contributed by atoms with Crippen molar-refractivity contribution < 1.29 is 8.42 Å². The van der Waals surface area contributed by atoms with Gasteiger partial charge in [0.15, 0.2) is 0 Å². The zero-order valence-corrected chi connectivity index (χ0v) is 14.1. The van der Waals surface area contributed by atoms with E-state index in [0.717, 1.165) is 10.0 Å². The molecule has 0 aliphatic carbocycles. The summed E-state index contributed by atoms with van der Waals surface area (Å²) in [5.74, 6) is 0. The smallest absolute Gasteiger partial charge is 0.265 e. The van der Waals surface area contributed by atoms with Gasteiger partial charge in [-0.2, -0.15) is 0 Å². The number of aryl methyl sites for hydroxylation is 1. The second-order valence-electron chi connectivity index (χ2n) is 4.38. The van der Waals surface area contributed by atoms with Gasteiger partial charge in [0.25, 0.3) is 10.0 Å². The third-order valence-electron chi connectivity index (χ3n) is 2.93. The van der Waals surface area contributed by atoms with E-state index in [0.29, 0.717) is 5.69 Å². The Morgan fingerprint density at radius 3 is 2.25 bits per heavy atom. The number of sulfonamides is 1. The highest BCUT2D eigenvalue weighted by atomic mass is 79.9. The van der Waals surface area contributed by atoms with Crippen molar-refractivity contribution in [2.45, 2.75) is 11.8 Å². The van der Waals surface area contributed by atoms with Crippen LogP contribution >= 0.6 is 27.5 Å². The van der Waals surface area contributed by atoms with Gasteiger partial charge in [0.2, 0.25) is 0 Å². The predicted octanol–water partition coefficient (Wildman–Crippen LogP) is 4.24. The molecular formula is C14H13BrClNO2S. The number of benzene rings is 2. The number of hydrogen-bond acceptors (Lipinski definition) is 2. The fourth-order valence-electron chi connectivity index (χ4n) is 1.73. The second-order valence-corrected chi connectivity index (χ2v) is 7.64. The second kappa shape index (κ2) is 5.76. The molecule has 2 rings (SSSR count). The first-order chi connectivity index (χ1) is 9.32. The Balaban J connectivity index is 2.46. The molecular weight excluding hydrogens is 362 g/mol. The molecule has 0 aliphatic rings. The van der Waals surface area contributed by atoms with E-state index in [4.69, 9.17) is 11.6 Å². The van der Waals surface area contributed by atoms with Crippen molar-refractivity contribution in [1.29, 1.82) is 0 Å². The van der Waals surface area contributed by atoms with Crippen LogP contribution < -0.4 is 4.31 Å². The van der Waals surface area contributed by atoms with Crippen molar-refractivity contribution in [2.75, 3.05) is 11.4 Å². The lowest BCUT2D eigenvalue weighted by Crippen LogP contribution is -2.26. The summed E-state index contributed by atoms with van der Waals surface area (Å²) in [5.41, 5.74) is 1.66. The Morgan fingerprint density at radius 1 is 1.10 bits per heavy atom. The third kappa shape index (κ3) is 3.00. The van der Waals surface area contributed by atoms with E-state index >= 15 is 0 Å². The first-order valence-electron chi connectivity index (χ1n) is 5.83.